The molecule has 16 heavy (non-hydrogen) atoms. The fourth-order valence-corrected chi connectivity index (χ4v) is 3.20. The van der Waals surface area contributed by atoms with Crippen LogP contribution in [0, 0.1) is 11.3 Å². The van der Waals surface area contributed by atoms with Crippen molar-refractivity contribution in [2.75, 3.05) is 26.7 Å². The van der Waals surface area contributed by atoms with Crippen molar-refractivity contribution in [2.24, 2.45) is 17.1 Å². The number of nitrogens with two attached hydrogens (primary N) is 1. The number of hydrogen-bond acceptors (Lipinski definition) is 2. The van der Waals surface area contributed by atoms with Crippen molar-refractivity contribution in [3.8, 4) is 0 Å². The Kier molecular flexibility index (Phi) is 5.77. The minimum atomic E-state index is 0.322. The van der Waals surface area contributed by atoms with Crippen molar-refractivity contribution in [1.29, 1.82) is 0 Å². The van der Waals surface area contributed by atoms with Gasteiger partial charge < -0.3 is 10.6 Å². The molecule has 0 radical (unpaired) electrons. The van der Waals surface area contributed by atoms with E-state index in [1.165, 1.54) is 45.1 Å². The Morgan fingerprint density at radius 3 is 2.44 bits per heavy atom. The van der Waals surface area contributed by atoms with E-state index in [0.29, 0.717) is 5.41 Å². The molecular formula is C14H30N2. The van der Waals surface area contributed by atoms with E-state index in [2.05, 4.69) is 25.8 Å². The van der Waals surface area contributed by atoms with Crippen molar-refractivity contribution < 1.29 is 0 Å². The number of hydrogen-bond donors (Lipinski definition) is 1. The van der Waals surface area contributed by atoms with Crippen LogP contribution in [0.25, 0.3) is 0 Å². The average molecular weight is 226 g/mol. The zero-order valence-electron chi connectivity index (χ0n) is 11.5. The molecule has 2 heteroatoms. The largest absolute Gasteiger partial charge is 0.330 e. The molecule has 0 aromatic heterocycles. The van der Waals surface area contributed by atoms with Crippen LogP contribution in [0.1, 0.15) is 52.4 Å². The molecule has 1 unspecified atom stereocenters. The molecule has 1 aliphatic carbocycles. The van der Waals surface area contributed by atoms with Crippen molar-refractivity contribution >= 4 is 0 Å². The Balaban J connectivity index is 2.32. The maximum Gasteiger partial charge on any atom is 0.00445 e. The second-order valence-electron chi connectivity index (χ2n) is 6.11. The first-order chi connectivity index (χ1) is 7.59. The molecule has 96 valence electrons. The van der Waals surface area contributed by atoms with E-state index in [9.17, 15) is 0 Å². The Hall–Kier alpha value is -0.0800. The predicted octanol–water partition coefficient (Wildman–Crippen LogP) is 2.87. The van der Waals surface area contributed by atoms with Crippen molar-refractivity contribution in [2.45, 2.75) is 52.4 Å². The number of rotatable bonds is 7. The van der Waals surface area contributed by atoms with E-state index in [4.69, 9.17) is 5.73 Å². The summed E-state index contributed by atoms with van der Waals surface area (Å²) in [5.41, 5.74) is 6.24. The SMILES string of the molecule is CCCC(C)(CN)CN(C)CC1CCCC1. The lowest BCUT2D eigenvalue weighted by Crippen LogP contribution is -2.40. The minimum absolute atomic E-state index is 0.322. The molecular weight excluding hydrogens is 196 g/mol. The molecule has 2 N–H and O–H groups in total. The molecule has 0 spiro atoms. The summed E-state index contributed by atoms with van der Waals surface area (Å²) < 4.78 is 0. The summed E-state index contributed by atoms with van der Waals surface area (Å²) in [6.45, 7) is 7.84. The molecule has 0 aromatic rings. The molecule has 0 bridgehead atoms. The van der Waals surface area contributed by atoms with Gasteiger partial charge in [0.1, 0.15) is 0 Å². The fraction of sp³-hybridized carbons (Fsp3) is 1.00. The molecule has 0 heterocycles. The van der Waals surface area contributed by atoms with Crippen LogP contribution in [-0.4, -0.2) is 31.6 Å². The normalized spacial score (nSPS) is 21.6. The summed E-state index contributed by atoms with van der Waals surface area (Å²) in [6, 6.07) is 0. The monoisotopic (exact) mass is 226 g/mol. The topological polar surface area (TPSA) is 29.3 Å². The highest BCUT2D eigenvalue weighted by Crippen LogP contribution is 2.27. The highest BCUT2D eigenvalue weighted by Gasteiger charge is 2.25. The van der Waals surface area contributed by atoms with Gasteiger partial charge in [0.2, 0.25) is 0 Å². The van der Waals surface area contributed by atoms with Crippen LogP contribution < -0.4 is 5.73 Å². The lowest BCUT2D eigenvalue weighted by molar-refractivity contribution is 0.167. The van der Waals surface area contributed by atoms with Crippen LogP contribution in [0.15, 0.2) is 0 Å². The van der Waals surface area contributed by atoms with Gasteiger partial charge in [-0.3, -0.25) is 0 Å². The molecule has 1 fully saturated rings. The van der Waals surface area contributed by atoms with E-state index in [1.807, 2.05) is 0 Å². The van der Waals surface area contributed by atoms with Gasteiger partial charge in [0.25, 0.3) is 0 Å². The number of nitrogens with zero attached hydrogens (tertiary/aromatic N) is 1. The van der Waals surface area contributed by atoms with Gasteiger partial charge in [0.05, 0.1) is 0 Å². The van der Waals surface area contributed by atoms with Crippen LogP contribution in [0.3, 0.4) is 0 Å². The van der Waals surface area contributed by atoms with E-state index in [-0.39, 0.29) is 0 Å². The van der Waals surface area contributed by atoms with Crippen LogP contribution in [-0.2, 0) is 0 Å². The van der Waals surface area contributed by atoms with Crippen LogP contribution in [0.2, 0.25) is 0 Å². The fourth-order valence-electron chi connectivity index (χ4n) is 3.20. The molecule has 1 atom stereocenters. The Labute approximate surface area is 102 Å². The van der Waals surface area contributed by atoms with E-state index in [1.54, 1.807) is 0 Å². The third kappa shape index (κ3) is 4.42. The van der Waals surface area contributed by atoms with Gasteiger partial charge in [-0.05, 0) is 44.2 Å². The summed E-state index contributed by atoms with van der Waals surface area (Å²) in [6.07, 6.45) is 8.27. The molecule has 1 saturated carbocycles. The highest BCUT2D eigenvalue weighted by atomic mass is 15.1. The Bertz CT molecular complexity index is 187. The molecule has 0 amide bonds. The van der Waals surface area contributed by atoms with Crippen LogP contribution >= 0.6 is 0 Å². The minimum Gasteiger partial charge on any atom is -0.330 e. The summed E-state index contributed by atoms with van der Waals surface area (Å²) >= 11 is 0. The van der Waals surface area contributed by atoms with Gasteiger partial charge in [-0.15, -0.1) is 0 Å². The zero-order chi connectivity index (χ0) is 12.0. The smallest absolute Gasteiger partial charge is 0.00445 e. The van der Waals surface area contributed by atoms with Gasteiger partial charge in [0.15, 0.2) is 0 Å². The van der Waals surface area contributed by atoms with Gasteiger partial charge in [-0.1, -0.05) is 33.1 Å². The molecule has 0 aliphatic heterocycles. The molecule has 0 aromatic carbocycles. The van der Waals surface area contributed by atoms with E-state index >= 15 is 0 Å². The standard InChI is InChI=1S/C14H30N2/c1-4-9-14(2,11-15)12-16(3)10-13-7-5-6-8-13/h13H,4-12,15H2,1-3H3. The Morgan fingerprint density at radius 2 is 1.94 bits per heavy atom. The third-order valence-electron chi connectivity index (χ3n) is 4.04. The molecule has 1 aliphatic rings. The van der Waals surface area contributed by atoms with Gasteiger partial charge >= 0.3 is 0 Å². The maximum absolute atomic E-state index is 5.92. The van der Waals surface area contributed by atoms with Crippen LogP contribution in [0.4, 0.5) is 0 Å². The Morgan fingerprint density at radius 1 is 1.31 bits per heavy atom. The predicted molar refractivity (Wildman–Crippen MR) is 71.5 cm³/mol. The first-order valence-electron chi connectivity index (χ1n) is 6.98. The second-order valence-corrected chi connectivity index (χ2v) is 6.11. The summed E-state index contributed by atoms with van der Waals surface area (Å²) in [5.74, 6) is 0.952. The quantitative estimate of drug-likeness (QED) is 0.723. The lowest BCUT2D eigenvalue weighted by atomic mass is 9.85. The molecule has 1 rings (SSSR count). The van der Waals surface area contributed by atoms with Gasteiger partial charge in [0, 0.05) is 13.1 Å². The average Bonchev–Trinajstić information content (AvgIpc) is 2.70. The first-order valence-corrected chi connectivity index (χ1v) is 6.98. The third-order valence-corrected chi connectivity index (χ3v) is 4.04. The maximum atomic E-state index is 5.92. The van der Waals surface area contributed by atoms with E-state index < -0.39 is 0 Å². The van der Waals surface area contributed by atoms with Crippen LogP contribution in [0.5, 0.6) is 0 Å². The summed E-state index contributed by atoms with van der Waals surface area (Å²) in [4.78, 5) is 2.51. The van der Waals surface area contributed by atoms with Gasteiger partial charge in [-0.25, -0.2) is 0 Å². The van der Waals surface area contributed by atoms with Gasteiger partial charge in [-0.2, -0.15) is 0 Å². The molecule has 0 saturated heterocycles. The second kappa shape index (κ2) is 6.61. The summed E-state index contributed by atoms with van der Waals surface area (Å²) in [5, 5.41) is 0. The van der Waals surface area contributed by atoms with Crippen molar-refractivity contribution in [3.05, 3.63) is 0 Å². The zero-order valence-corrected chi connectivity index (χ0v) is 11.5. The highest BCUT2D eigenvalue weighted by molar-refractivity contribution is 4.80. The first kappa shape index (κ1) is 14.0. The van der Waals surface area contributed by atoms with E-state index in [0.717, 1.165) is 19.0 Å². The van der Waals surface area contributed by atoms with Crippen molar-refractivity contribution in [1.82, 2.24) is 4.90 Å². The summed E-state index contributed by atoms with van der Waals surface area (Å²) in [7, 11) is 2.27. The molecule has 2 nitrogen and oxygen atoms in total. The lowest BCUT2D eigenvalue weighted by Gasteiger charge is -2.33. The van der Waals surface area contributed by atoms with Crippen molar-refractivity contribution in [3.63, 3.8) is 0 Å².